The van der Waals surface area contributed by atoms with Gasteiger partial charge in [0, 0.05) is 23.8 Å². The molecule has 0 amide bonds. The van der Waals surface area contributed by atoms with Crippen molar-refractivity contribution in [3.63, 3.8) is 0 Å². The van der Waals surface area contributed by atoms with E-state index in [1.165, 1.54) is 7.11 Å². The van der Waals surface area contributed by atoms with Crippen LogP contribution in [0.4, 0.5) is 0 Å². The fourth-order valence-electron chi connectivity index (χ4n) is 4.76. The van der Waals surface area contributed by atoms with E-state index in [9.17, 15) is 25.5 Å². The fraction of sp³-hybridized carbons (Fsp3) is 0.538. The number of ether oxygens (including phenoxy) is 5. The van der Waals surface area contributed by atoms with E-state index in [-0.39, 0.29) is 19.1 Å². The highest BCUT2D eigenvalue weighted by atomic mass is 16.7. The SMILES string of the molecule is COc1cc(O[C@@H]2O[C@@H](C)[C@H](O)[C@@H](O)[C@H]2O)ccc1C1Oc2c(OC)cc(CCCO)cc2C1CO. The van der Waals surface area contributed by atoms with Gasteiger partial charge in [0.2, 0.25) is 6.29 Å². The number of hydrogen-bond acceptors (Lipinski definition) is 10. The zero-order valence-corrected chi connectivity index (χ0v) is 20.5. The molecular formula is C26H34O10. The molecule has 2 aromatic rings. The molecule has 5 N–H and O–H groups in total. The molecule has 0 spiro atoms. The first-order valence-corrected chi connectivity index (χ1v) is 12.0. The Hall–Kier alpha value is -2.60. The summed E-state index contributed by atoms with van der Waals surface area (Å²) in [5.41, 5.74) is 2.47. The molecule has 0 aliphatic carbocycles. The molecule has 1 fully saturated rings. The smallest absolute Gasteiger partial charge is 0.229 e. The van der Waals surface area contributed by atoms with Crippen molar-refractivity contribution in [2.75, 3.05) is 27.4 Å². The molecule has 0 radical (unpaired) electrons. The van der Waals surface area contributed by atoms with Gasteiger partial charge in [-0.1, -0.05) is 6.07 Å². The lowest BCUT2D eigenvalue weighted by Gasteiger charge is -2.38. The van der Waals surface area contributed by atoms with Gasteiger partial charge in [-0.25, -0.2) is 0 Å². The maximum Gasteiger partial charge on any atom is 0.229 e. The van der Waals surface area contributed by atoms with Gasteiger partial charge in [-0.05, 0) is 43.5 Å². The average molecular weight is 507 g/mol. The van der Waals surface area contributed by atoms with Gasteiger partial charge in [-0.2, -0.15) is 0 Å². The highest BCUT2D eigenvalue weighted by Gasteiger charge is 2.43. The Morgan fingerprint density at radius 2 is 1.64 bits per heavy atom. The lowest BCUT2D eigenvalue weighted by atomic mass is 9.89. The summed E-state index contributed by atoms with van der Waals surface area (Å²) < 4.78 is 28.7. The van der Waals surface area contributed by atoms with E-state index in [4.69, 9.17) is 23.7 Å². The average Bonchev–Trinajstić information content (AvgIpc) is 3.26. The third kappa shape index (κ3) is 4.97. The Morgan fingerprint density at radius 1 is 0.889 bits per heavy atom. The van der Waals surface area contributed by atoms with Crippen LogP contribution in [0.2, 0.25) is 0 Å². The summed E-state index contributed by atoms with van der Waals surface area (Å²) >= 11 is 0. The highest BCUT2D eigenvalue weighted by Crippen LogP contribution is 2.52. The Bertz CT molecular complexity index is 1040. The van der Waals surface area contributed by atoms with Gasteiger partial charge in [0.1, 0.15) is 35.9 Å². The number of benzene rings is 2. The van der Waals surface area contributed by atoms with E-state index in [1.807, 2.05) is 12.1 Å². The molecule has 198 valence electrons. The van der Waals surface area contributed by atoms with E-state index in [2.05, 4.69) is 0 Å². The van der Waals surface area contributed by atoms with Crippen molar-refractivity contribution in [3.8, 4) is 23.0 Å². The number of hydrogen-bond donors (Lipinski definition) is 5. The minimum absolute atomic E-state index is 0.0783. The summed E-state index contributed by atoms with van der Waals surface area (Å²) in [6, 6.07) is 8.86. The number of fused-ring (bicyclic) bond motifs is 1. The maximum absolute atomic E-state index is 10.3. The van der Waals surface area contributed by atoms with Crippen LogP contribution < -0.4 is 18.9 Å². The van der Waals surface area contributed by atoms with Crippen molar-refractivity contribution >= 4 is 0 Å². The van der Waals surface area contributed by atoms with Gasteiger partial charge >= 0.3 is 0 Å². The van der Waals surface area contributed by atoms with E-state index in [0.29, 0.717) is 41.4 Å². The molecule has 2 unspecified atom stereocenters. The Kier molecular flexibility index (Phi) is 8.23. The largest absolute Gasteiger partial charge is 0.496 e. The molecule has 36 heavy (non-hydrogen) atoms. The van der Waals surface area contributed by atoms with Crippen molar-refractivity contribution in [1.29, 1.82) is 0 Å². The molecule has 10 heteroatoms. The molecule has 4 rings (SSSR count). The zero-order chi connectivity index (χ0) is 26.0. The molecule has 1 saturated heterocycles. The van der Waals surface area contributed by atoms with Crippen LogP contribution in [0.25, 0.3) is 0 Å². The van der Waals surface area contributed by atoms with Crippen molar-refractivity contribution in [3.05, 3.63) is 47.0 Å². The van der Waals surface area contributed by atoms with Crippen LogP contribution >= 0.6 is 0 Å². The van der Waals surface area contributed by atoms with Crippen LogP contribution in [0, 0.1) is 0 Å². The minimum atomic E-state index is -1.44. The van der Waals surface area contributed by atoms with Crippen LogP contribution in [-0.4, -0.2) is 83.7 Å². The van der Waals surface area contributed by atoms with Crippen LogP contribution in [0.1, 0.15) is 42.1 Å². The molecule has 0 saturated carbocycles. The van der Waals surface area contributed by atoms with Gasteiger partial charge in [0.05, 0.1) is 32.8 Å². The third-order valence-corrected chi connectivity index (χ3v) is 6.77. The predicted octanol–water partition coefficient (Wildman–Crippen LogP) is 1.04. The molecule has 7 atom stereocenters. The predicted molar refractivity (Wildman–Crippen MR) is 128 cm³/mol. The zero-order valence-electron chi connectivity index (χ0n) is 20.5. The summed E-state index contributed by atoms with van der Waals surface area (Å²) in [6.45, 7) is 1.48. The van der Waals surface area contributed by atoms with Crippen LogP contribution in [-0.2, 0) is 11.2 Å². The lowest BCUT2D eigenvalue weighted by molar-refractivity contribution is -0.268. The molecule has 0 aromatic heterocycles. The van der Waals surface area contributed by atoms with Gasteiger partial charge in [0.25, 0.3) is 0 Å². The van der Waals surface area contributed by atoms with Crippen molar-refractivity contribution < 1.29 is 49.2 Å². The highest BCUT2D eigenvalue weighted by molar-refractivity contribution is 5.56. The summed E-state index contributed by atoms with van der Waals surface area (Å²) in [6.07, 6.45) is -5.29. The molecule has 2 aliphatic heterocycles. The number of rotatable bonds is 9. The normalized spacial score (nSPS) is 29.4. The number of aliphatic hydroxyl groups excluding tert-OH is 5. The summed E-state index contributed by atoms with van der Waals surface area (Å²) in [5.74, 6) is 1.47. The third-order valence-electron chi connectivity index (χ3n) is 6.77. The van der Waals surface area contributed by atoms with Crippen LogP contribution in [0.3, 0.4) is 0 Å². The van der Waals surface area contributed by atoms with Gasteiger partial charge < -0.3 is 49.2 Å². The van der Waals surface area contributed by atoms with Gasteiger partial charge in [-0.3, -0.25) is 0 Å². The summed E-state index contributed by atoms with van der Waals surface area (Å²) in [5, 5.41) is 49.7. The number of aryl methyl sites for hydroxylation is 1. The van der Waals surface area contributed by atoms with Crippen molar-refractivity contribution in [1.82, 2.24) is 0 Å². The quantitative estimate of drug-likeness (QED) is 0.334. The monoisotopic (exact) mass is 506 g/mol. The number of methoxy groups -OCH3 is 2. The first-order chi connectivity index (χ1) is 17.3. The molecule has 2 aliphatic rings. The summed E-state index contributed by atoms with van der Waals surface area (Å²) in [7, 11) is 3.06. The van der Waals surface area contributed by atoms with Crippen LogP contribution in [0.15, 0.2) is 30.3 Å². The standard InChI is InChI=1S/C26H34O10/c1-13-21(29)22(30)23(31)26(34-13)35-15-6-7-16(19(11-15)32-2)24-18(12-28)17-9-14(5-4-8-27)10-20(33-3)25(17)36-24/h6-7,9-11,13,18,21-24,26-31H,4-5,8,12H2,1-3H3/t13-,18?,21-,22+,23+,24?,26-/m0/s1. The second kappa shape index (κ2) is 11.2. The molecular weight excluding hydrogens is 472 g/mol. The van der Waals surface area contributed by atoms with Crippen molar-refractivity contribution in [2.45, 2.75) is 62.5 Å². The minimum Gasteiger partial charge on any atom is -0.496 e. The topological polar surface area (TPSA) is 147 Å². The molecule has 10 nitrogen and oxygen atoms in total. The van der Waals surface area contributed by atoms with E-state index < -0.39 is 36.8 Å². The first-order valence-electron chi connectivity index (χ1n) is 12.0. The Balaban J connectivity index is 1.60. The van der Waals surface area contributed by atoms with Gasteiger partial charge in [-0.15, -0.1) is 0 Å². The second-order valence-electron chi connectivity index (χ2n) is 9.07. The molecule has 2 aromatic carbocycles. The number of aliphatic hydroxyl groups is 5. The lowest BCUT2D eigenvalue weighted by Crippen LogP contribution is -2.58. The van der Waals surface area contributed by atoms with E-state index in [0.717, 1.165) is 11.1 Å². The van der Waals surface area contributed by atoms with Gasteiger partial charge in [0.15, 0.2) is 11.5 Å². The first kappa shape index (κ1) is 26.5. The molecule has 0 bridgehead atoms. The van der Waals surface area contributed by atoms with Crippen LogP contribution in [0.5, 0.6) is 23.0 Å². The van der Waals surface area contributed by atoms with E-state index >= 15 is 0 Å². The fourth-order valence-corrected chi connectivity index (χ4v) is 4.76. The molecule has 2 heterocycles. The van der Waals surface area contributed by atoms with Crippen molar-refractivity contribution in [2.24, 2.45) is 0 Å². The summed E-state index contributed by atoms with van der Waals surface area (Å²) in [4.78, 5) is 0. The maximum atomic E-state index is 10.3. The second-order valence-corrected chi connectivity index (χ2v) is 9.07. The van der Waals surface area contributed by atoms with E-state index in [1.54, 1.807) is 32.2 Å². The Labute approximate surface area is 209 Å². The Morgan fingerprint density at radius 3 is 2.31 bits per heavy atom.